The molecule has 1 aliphatic rings. The number of nitrogens with zero attached hydrogens (tertiary/aromatic N) is 1. The summed E-state index contributed by atoms with van der Waals surface area (Å²) in [7, 11) is 1.75. The minimum absolute atomic E-state index is 0. The van der Waals surface area contributed by atoms with Crippen LogP contribution in [0.15, 0.2) is 30.3 Å². The molecule has 0 radical (unpaired) electrons. The van der Waals surface area contributed by atoms with E-state index in [1.807, 2.05) is 42.1 Å². The van der Waals surface area contributed by atoms with Crippen molar-refractivity contribution in [2.24, 2.45) is 0 Å². The molecule has 2 rings (SSSR count). The summed E-state index contributed by atoms with van der Waals surface area (Å²) in [4.78, 5) is 25.5. The van der Waals surface area contributed by atoms with Crippen molar-refractivity contribution in [1.82, 2.24) is 15.5 Å². The molecule has 1 aromatic rings. The molecule has 5 nitrogen and oxygen atoms in total. The summed E-state index contributed by atoms with van der Waals surface area (Å²) in [5.74, 6) is 1.90. The summed E-state index contributed by atoms with van der Waals surface area (Å²) < 4.78 is 0. The van der Waals surface area contributed by atoms with E-state index in [1.54, 1.807) is 11.9 Å². The number of amides is 2. The van der Waals surface area contributed by atoms with Gasteiger partial charge in [-0.15, -0.1) is 12.4 Å². The van der Waals surface area contributed by atoms with Crippen molar-refractivity contribution in [3.8, 4) is 0 Å². The summed E-state index contributed by atoms with van der Waals surface area (Å²) >= 11 is 1.86. The van der Waals surface area contributed by atoms with Crippen molar-refractivity contribution in [3.05, 3.63) is 35.9 Å². The molecule has 1 atom stereocenters. The predicted octanol–water partition coefficient (Wildman–Crippen LogP) is 1.28. The van der Waals surface area contributed by atoms with Crippen molar-refractivity contribution in [3.63, 3.8) is 0 Å². The fourth-order valence-corrected chi connectivity index (χ4v) is 3.25. The first-order valence-corrected chi connectivity index (χ1v) is 8.66. The van der Waals surface area contributed by atoms with E-state index in [0.29, 0.717) is 13.0 Å². The van der Waals surface area contributed by atoms with E-state index in [1.165, 1.54) is 0 Å². The van der Waals surface area contributed by atoms with Crippen LogP contribution >= 0.6 is 24.2 Å². The average molecular weight is 358 g/mol. The Morgan fingerprint density at radius 1 is 1.35 bits per heavy atom. The predicted molar refractivity (Wildman–Crippen MR) is 96.9 cm³/mol. The topological polar surface area (TPSA) is 61.4 Å². The van der Waals surface area contributed by atoms with Gasteiger partial charge in [-0.3, -0.25) is 9.59 Å². The largest absolute Gasteiger partial charge is 0.347 e. The fraction of sp³-hybridized carbons (Fsp3) is 0.500. The number of carbonyl (C=O) groups is 2. The Morgan fingerprint density at radius 3 is 2.74 bits per heavy atom. The van der Waals surface area contributed by atoms with E-state index in [2.05, 4.69) is 10.6 Å². The van der Waals surface area contributed by atoms with Crippen LogP contribution in [0.1, 0.15) is 12.0 Å². The molecule has 0 bridgehead atoms. The second kappa shape index (κ2) is 10.5. The number of nitrogens with one attached hydrogen (secondary N) is 2. The molecule has 0 aliphatic carbocycles. The van der Waals surface area contributed by atoms with E-state index in [9.17, 15) is 9.59 Å². The van der Waals surface area contributed by atoms with Crippen LogP contribution in [0.25, 0.3) is 0 Å². The Hall–Kier alpha value is -1.24. The van der Waals surface area contributed by atoms with Gasteiger partial charge in [0.25, 0.3) is 0 Å². The lowest BCUT2D eigenvalue weighted by atomic mass is 10.2. The van der Waals surface area contributed by atoms with Crippen molar-refractivity contribution < 1.29 is 9.59 Å². The van der Waals surface area contributed by atoms with Crippen LogP contribution < -0.4 is 10.6 Å². The lowest BCUT2D eigenvalue weighted by molar-refractivity contribution is -0.132. The Bertz CT molecular complexity index is 495. The summed E-state index contributed by atoms with van der Waals surface area (Å²) in [6, 6.07) is 10.0. The molecule has 128 valence electrons. The first-order chi connectivity index (χ1) is 10.6. The van der Waals surface area contributed by atoms with Crippen LogP contribution in [0.2, 0.25) is 0 Å². The zero-order valence-electron chi connectivity index (χ0n) is 13.3. The maximum Gasteiger partial charge on any atom is 0.242 e. The molecule has 2 N–H and O–H groups in total. The number of carbonyl (C=O) groups excluding carboxylic acids is 2. The van der Waals surface area contributed by atoms with Gasteiger partial charge < -0.3 is 15.5 Å². The van der Waals surface area contributed by atoms with Gasteiger partial charge >= 0.3 is 0 Å². The molecule has 2 amide bonds. The van der Waals surface area contributed by atoms with Gasteiger partial charge in [0.1, 0.15) is 0 Å². The van der Waals surface area contributed by atoms with Crippen LogP contribution in [-0.4, -0.2) is 54.4 Å². The summed E-state index contributed by atoms with van der Waals surface area (Å²) in [6.07, 6.45) is 0.433. The molecule has 0 saturated carbocycles. The van der Waals surface area contributed by atoms with Gasteiger partial charge in [-0.1, -0.05) is 30.3 Å². The molecule has 0 aromatic heterocycles. The first kappa shape index (κ1) is 19.8. The lowest BCUT2D eigenvalue weighted by Crippen LogP contribution is -2.43. The van der Waals surface area contributed by atoms with Crippen LogP contribution in [0.3, 0.4) is 0 Å². The minimum Gasteiger partial charge on any atom is -0.347 e. The monoisotopic (exact) mass is 357 g/mol. The first-order valence-electron chi connectivity index (χ1n) is 7.51. The molecule has 1 fully saturated rings. The van der Waals surface area contributed by atoms with Crippen molar-refractivity contribution in [2.45, 2.75) is 19.0 Å². The molecule has 7 heteroatoms. The van der Waals surface area contributed by atoms with Crippen molar-refractivity contribution in [2.75, 3.05) is 31.6 Å². The smallest absolute Gasteiger partial charge is 0.242 e. The van der Waals surface area contributed by atoms with Crippen molar-refractivity contribution in [1.29, 1.82) is 0 Å². The standard InChI is InChI=1S/C16H23N3O2S.ClH/c1-19(11-13-5-3-2-4-6-13)16(21)10-18-15(20)9-14-12-22-8-7-17-14;/h2-6,14,17H,7-12H2,1H3,(H,18,20);1H. The van der Waals surface area contributed by atoms with Crippen LogP contribution in [0.4, 0.5) is 0 Å². The lowest BCUT2D eigenvalue weighted by Gasteiger charge is -2.23. The summed E-state index contributed by atoms with van der Waals surface area (Å²) in [5, 5.41) is 6.03. The highest BCUT2D eigenvalue weighted by atomic mass is 35.5. The maximum atomic E-state index is 12.0. The summed E-state index contributed by atoms with van der Waals surface area (Å²) in [5.41, 5.74) is 1.08. The maximum absolute atomic E-state index is 12.0. The van der Waals surface area contributed by atoms with E-state index < -0.39 is 0 Å². The Labute approximate surface area is 148 Å². The number of hydrogen-bond acceptors (Lipinski definition) is 4. The molecule has 1 unspecified atom stereocenters. The van der Waals surface area contributed by atoms with Crippen LogP contribution in [0, 0.1) is 0 Å². The average Bonchev–Trinajstić information content (AvgIpc) is 2.54. The van der Waals surface area contributed by atoms with Gasteiger partial charge in [0.05, 0.1) is 6.54 Å². The molecule has 1 heterocycles. The number of hydrogen-bond donors (Lipinski definition) is 2. The third-order valence-electron chi connectivity index (χ3n) is 3.56. The molecular formula is C16H24ClN3O2S. The Balaban J connectivity index is 0.00000264. The molecular weight excluding hydrogens is 334 g/mol. The third-order valence-corrected chi connectivity index (χ3v) is 4.69. The molecule has 1 saturated heterocycles. The van der Waals surface area contributed by atoms with Gasteiger partial charge in [0.2, 0.25) is 11.8 Å². The third kappa shape index (κ3) is 7.24. The van der Waals surface area contributed by atoms with Gasteiger partial charge in [-0.2, -0.15) is 11.8 Å². The number of benzene rings is 1. The second-order valence-electron chi connectivity index (χ2n) is 5.44. The van der Waals surface area contributed by atoms with Crippen LogP contribution in [0.5, 0.6) is 0 Å². The summed E-state index contributed by atoms with van der Waals surface area (Å²) in [6.45, 7) is 1.56. The molecule has 23 heavy (non-hydrogen) atoms. The van der Waals surface area contributed by atoms with Crippen molar-refractivity contribution >= 4 is 36.0 Å². The fourth-order valence-electron chi connectivity index (χ4n) is 2.30. The van der Waals surface area contributed by atoms with E-state index in [4.69, 9.17) is 0 Å². The Morgan fingerprint density at radius 2 is 2.09 bits per heavy atom. The number of halogens is 1. The number of thioether (sulfide) groups is 1. The zero-order valence-corrected chi connectivity index (χ0v) is 14.9. The second-order valence-corrected chi connectivity index (χ2v) is 6.59. The van der Waals surface area contributed by atoms with Gasteiger partial charge in [0, 0.05) is 44.1 Å². The number of rotatable bonds is 6. The molecule has 0 spiro atoms. The van der Waals surface area contributed by atoms with Gasteiger partial charge in [-0.05, 0) is 5.56 Å². The molecule has 1 aromatic carbocycles. The minimum atomic E-state index is -0.0804. The Kier molecular flexibility index (Phi) is 9.06. The van der Waals surface area contributed by atoms with Crippen LogP contribution in [-0.2, 0) is 16.1 Å². The number of likely N-dealkylation sites (N-methyl/N-ethyl adjacent to an activating group) is 1. The highest BCUT2D eigenvalue weighted by Crippen LogP contribution is 2.10. The van der Waals surface area contributed by atoms with Gasteiger partial charge in [0.15, 0.2) is 0 Å². The normalized spacial score (nSPS) is 17.0. The SMILES string of the molecule is CN(Cc1ccccc1)C(=O)CNC(=O)CC1CSCCN1.Cl. The van der Waals surface area contributed by atoms with Gasteiger partial charge in [-0.25, -0.2) is 0 Å². The van der Waals surface area contributed by atoms with E-state index >= 15 is 0 Å². The highest BCUT2D eigenvalue weighted by molar-refractivity contribution is 7.99. The quantitative estimate of drug-likeness (QED) is 0.805. The van der Waals surface area contributed by atoms with E-state index in [0.717, 1.165) is 23.6 Å². The van der Waals surface area contributed by atoms with E-state index in [-0.39, 0.29) is 36.8 Å². The molecule has 1 aliphatic heterocycles. The zero-order chi connectivity index (χ0) is 15.8. The highest BCUT2D eigenvalue weighted by Gasteiger charge is 2.17.